The van der Waals surface area contributed by atoms with E-state index >= 15 is 0 Å². The maximum absolute atomic E-state index is 4.87. The molecule has 0 radical (unpaired) electrons. The van der Waals surface area contributed by atoms with Crippen LogP contribution in [-0.2, 0) is 6.42 Å². The van der Waals surface area contributed by atoms with Gasteiger partial charge in [-0.2, -0.15) is 0 Å². The normalized spacial score (nSPS) is 19.2. The van der Waals surface area contributed by atoms with Gasteiger partial charge < -0.3 is 10.2 Å². The van der Waals surface area contributed by atoms with Crippen LogP contribution < -0.4 is 5.32 Å². The standard InChI is InChI=1S/C18H30N4S.HI/c1-3-19-17(22-12-10-18(14-22)8-6-9-18)20-11-5-4-7-16-21-15(2)13-23-16;/h13H,3-12,14H2,1-2H3,(H,19,20);1H. The second-order valence-electron chi connectivity index (χ2n) is 7.10. The number of rotatable bonds is 6. The van der Waals surface area contributed by atoms with Gasteiger partial charge in [0.25, 0.3) is 0 Å². The molecule has 1 aromatic rings. The Balaban J connectivity index is 0.00000208. The number of aromatic nitrogens is 1. The maximum atomic E-state index is 4.87. The molecule has 1 N–H and O–H groups in total. The number of thiazole rings is 1. The summed E-state index contributed by atoms with van der Waals surface area (Å²) in [4.78, 5) is 11.9. The molecule has 4 nitrogen and oxygen atoms in total. The number of guanidine groups is 1. The Morgan fingerprint density at radius 3 is 2.79 bits per heavy atom. The van der Waals surface area contributed by atoms with Crippen LogP contribution in [0.5, 0.6) is 0 Å². The summed E-state index contributed by atoms with van der Waals surface area (Å²) in [6.45, 7) is 8.52. The minimum Gasteiger partial charge on any atom is -0.357 e. The predicted octanol–water partition coefficient (Wildman–Crippen LogP) is 4.23. The lowest BCUT2D eigenvalue weighted by atomic mass is 9.68. The Morgan fingerprint density at radius 1 is 1.38 bits per heavy atom. The molecule has 3 rings (SSSR count). The third-order valence-electron chi connectivity index (χ3n) is 5.21. The number of unbranched alkanes of at least 4 members (excludes halogenated alkanes) is 1. The highest BCUT2D eigenvalue weighted by Crippen LogP contribution is 2.47. The van der Waals surface area contributed by atoms with Gasteiger partial charge in [-0.25, -0.2) is 4.98 Å². The molecule has 0 amide bonds. The molecule has 0 aromatic carbocycles. The zero-order chi connectivity index (χ0) is 16.1. The smallest absolute Gasteiger partial charge is 0.193 e. The minimum absolute atomic E-state index is 0. The van der Waals surface area contributed by atoms with Crippen LogP contribution in [-0.4, -0.2) is 42.0 Å². The van der Waals surface area contributed by atoms with Crippen molar-refractivity contribution in [3.63, 3.8) is 0 Å². The molecule has 24 heavy (non-hydrogen) atoms. The van der Waals surface area contributed by atoms with Gasteiger partial charge in [0, 0.05) is 37.3 Å². The van der Waals surface area contributed by atoms with Crippen LogP contribution >= 0.6 is 35.3 Å². The molecule has 1 aromatic heterocycles. The van der Waals surface area contributed by atoms with Crippen LogP contribution in [0.25, 0.3) is 0 Å². The highest BCUT2D eigenvalue weighted by Gasteiger charge is 2.43. The van der Waals surface area contributed by atoms with Crippen molar-refractivity contribution in [2.75, 3.05) is 26.2 Å². The molecule has 1 saturated carbocycles. The lowest BCUT2D eigenvalue weighted by molar-refractivity contribution is 0.151. The summed E-state index contributed by atoms with van der Waals surface area (Å²) in [7, 11) is 0. The average Bonchev–Trinajstić information content (AvgIpc) is 3.12. The monoisotopic (exact) mass is 462 g/mol. The summed E-state index contributed by atoms with van der Waals surface area (Å²) in [6, 6.07) is 0. The van der Waals surface area contributed by atoms with E-state index in [1.807, 2.05) is 0 Å². The van der Waals surface area contributed by atoms with Gasteiger partial charge in [-0.15, -0.1) is 35.3 Å². The summed E-state index contributed by atoms with van der Waals surface area (Å²) in [5.41, 5.74) is 1.79. The van der Waals surface area contributed by atoms with Crippen LogP contribution in [0.4, 0.5) is 0 Å². The van der Waals surface area contributed by atoms with E-state index in [0.717, 1.165) is 37.6 Å². The van der Waals surface area contributed by atoms with Crippen LogP contribution in [0.15, 0.2) is 10.4 Å². The first-order valence-corrected chi connectivity index (χ1v) is 10.0. The average molecular weight is 462 g/mol. The lowest BCUT2D eigenvalue weighted by Gasteiger charge is -2.38. The molecule has 1 saturated heterocycles. The van der Waals surface area contributed by atoms with E-state index in [9.17, 15) is 0 Å². The quantitative estimate of drug-likeness (QED) is 0.298. The third kappa shape index (κ3) is 5.07. The van der Waals surface area contributed by atoms with Gasteiger partial charge in [0.2, 0.25) is 0 Å². The largest absolute Gasteiger partial charge is 0.357 e. The Hall–Kier alpha value is -0.370. The zero-order valence-corrected chi connectivity index (χ0v) is 18.2. The van der Waals surface area contributed by atoms with Crippen molar-refractivity contribution in [3.05, 3.63) is 16.1 Å². The Labute approximate surface area is 167 Å². The van der Waals surface area contributed by atoms with Crippen molar-refractivity contribution < 1.29 is 0 Å². The fourth-order valence-electron chi connectivity index (χ4n) is 3.72. The first kappa shape index (κ1) is 19.9. The van der Waals surface area contributed by atoms with Crippen molar-refractivity contribution in [2.45, 2.75) is 58.8 Å². The molecule has 0 unspecified atom stereocenters. The number of nitrogens with one attached hydrogen (secondary N) is 1. The van der Waals surface area contributed by atoms with E-state index in [4.69, 9.17) is 4.99 Å². The van der Waals surface area contributed by atoms with Crippen molar-refractivity contribution in [3.8, 4) is 0 Å². The summed E-state index contributed by atoms with van der Waals surface area (Å²) in [6.07, 6.45) is 9.06. The van der Waals surface area contributed by atoms with Crippen molar-refractivity contribution in [2.24, 2.45) is 10.4 Å². The van der Waals surface area contributed by atoms with Gasteiger partial charge in [0.05, 0.1) is 5.01 Å². The minimum atomic E-state index is 0. The molecule has 136 valence electrons. The highest BCUT2D eigenvalue weighted by molar-refractivity contribution is 14.0. The van der Waals surface area contributed by atoms with Crippen LogP contribution in [0, 0.1) is 12.3 Å². The van der Waals surface area contributed by atoms with Gasteiger partial charge in [0.15, 0.2) is 5.96 Å². The summed E-state index contributed by atoms with van der Waals surface area (Å²) >= 11 is 1.78. The highest BCUT2D eigenvalue weighted by atomic mass is 127. The molecule has 1 aliphatic carbocycles. The second kappa shape index (κ2) is 9.36. The van der Waals surface area contributed by atoms with Gasteiger partial charge >= 0.3 is 0 Å². The van der Waals surface area contributed by atoms with Gasteiger partial charge in [0.1, 0.15) is 0 Å². The predicted molar refractivity (Wildman–Crippen MR) is 114 cm³/mol. The van der Waals surface area contributed by atoms with E-state index in [1.54, 1.807) is 11.3 Å². The fraction of sp³-hybridized carbons (Fsp3) is 0.778. The van der Waals surface area contributed by atoms with Gasteiger partial charge in [-0.3, -0.25) is 4.99 Å². The number of hydrogen-bond acceptors (Lipinski definition) is 3. The van der Waals surface area contributed by atoms with E-state index in [0.29, 0.717) is 5.41 Å². The topological polar surface area (TPSA) is 40.5 Å². The first-order chi connectivity index (χ1) is 11.2. The lowest BCUT2D eigenvalue weighted by Crippen LogP contribution is -2.42. The van der Waals surface area contributed by atoms with Crippen molar-refractivity contribution >= 4 is 41.3 Å². The van der Waals surface area contributed by atoms with E-state index in [1.165, 1.54) is 50.2 Å². The van der Waals surface area contributed by atoms with E-state index in [2.05, 4.69) is 34.4 Å². The van der Waals surface area contributed by atoms with Crippen LogP contribution in [0.1, 0.15) is 56.2 Å². The number of aliphatic imine (C=N–C) groups is 1. The molecule has 1 spiro atoms. The number of halogens is 1. The SMILES string of the molecule is CCNC(=NCCCCc1nc(C)cs1)N1CCC2(CCC2)C1.I. The molecular formula is C18H31IN4S. The number of likely N-dealkylation sites (tertiary alicyclic amines) is 1. The molecule has 1 aliphatic heterocycles. The Bertz CT molecular complexity index is 539. The van der Waals surface area contributed by atoms with Gasteiger partial charge in [-0.05, 0) is 57.8 Å². The van der Waals surface area contributed by atoms with E-state index in [-0.39, 0.29) is 24.0 Å². The van der Waals surface area contributed by atoms with Crippen molar-refractivity contribution in [1.29, 1.82) is 0 Å². The summed E-state index contributed by atoms with van der Waals surface area (Å²) in [5.74, 6) is 1.14. The molecule has 0 bridgehead atoms. The Morgan fingerprint density at radius 2 is 2.21 bits per heavy atom. The second-order valence-corrected chi connectivity index (χ2v) is 8.04. The molecular weight excluding hydrogens is 431 g/mol. The van der Waals surface area contributed by atoms with Crippen molar-refractivity contribution in [1.82, 2.24) is 15.2 Å². The van der Waals surface area contributed by atoms with Crippen LogP contribution in [0.3, 0.4) is 0 Å². The first-order valence-electron chi connectivity index (χ1n) is 9.15. The maximum Gasteiger partial charge on any atom is 0.193 e. The molecule has 2 heterocycles. The summed E-state index contributed by atoms with van der Waals surface area (Å²) in [5, 5.41) is 6.90. The van der Waals surface area contributed by atoms with Crippen LogP contribution in [0.2, 0.25) is 0 Å². The number of hydrogen-bond donors (Lipinski definition) is 1. The Kier molecular flexibility index (Phi) is 7.78. The number of nitrogens with zero attached hydrogens (tertiary/aromatic N) is 3. The molecule has 2 aliphatic rings. The third-order valence-corrected chi connectivity index (χ3v) is 6.24. The fourth-order valence-corrected chi connectivity index (χ4v) is 4.54. The van der Waals surface area contributed by atoms with E-state index < -0.39 is 0 Å². The van der Waals surface area contributed by atoms with Gasteiger partial charge in [-0.1, -0.05) is 6.42 Å². The molecule has 6 heteroatoms. The summed E-state index contributed by atoms with van der Waals surface area (Å²) < 4.78 is 0. The molecule has 2 fully saturated rings. The molecule has 0 atom stereocenters. The zero-order valence-electron chi connectivity index (χ0n) is 15.0. The number of aryl methyl sites for hydroxylation is 2.